The van der Waals surface area contributed by atoms with Gasteiger partial charge in [-0.25, -0.2) is 13.9 Å². The molecule has 0 unspecified atom stereocenters. The summed E-state index contributed by atoms with van der Waals surface area (Å²) in [5.74, 6) is 0.552. The van der Waals surface area contributed by atoms with Gasteiger partial charge in [0, 0.05) is 23.5 Å². The molecular formula is C17H20ClFN6O. The smallest absolute Gasteiger partial charge is 0.252 e. The topological polar surface area (TPSA) is 98.2 Å². The summed E-state index contributed by atoms with van der Waals surface area (Å²) in [6.07, 6.45) is 0.802. The molecule has 0 saturated heterocycles. The van der Waals surface area contributed by atoms with Crippen molar-refractivity contribution in [3.8, 4) is 0 Å². The van der Waals surface area contributed by atoms with Crippen LogP contribution in [0.3, 0.4) is 0 Å². The van der Waals surface area contributed by atoms with Crippen molar-refractivity contribution >= 4 is 29.8 Å². The van der Waals surface area contributed by atoms with Crippen molar-refractivity contribution in [3.63, 3.8) is 0 Å². The molecule has 1 aromatic carbocycles. The van der Waals surface area contributed by atoms with Gasteiger partial charge in [0.1, 0.15) is 5.82 Å². The van der Waals surface area contributed by atoms with Gasteiger partial charge in [-0.1, -0.05) is 0 Å². The second kappa shape index (κ2) is 8.20. The fourth-order valence-electron chi connectivity index (χ4n) is 2.69. The standard InChI is InChI=1S/C17H19FN6O.ClH/c1-10-14(11(2)24-17(20-10)22-15(9-19)23-24)7-8-16(25)21-13-5-3-12(18)4-6-13;/h3-6H,7-9,19H2,1-2H3,(H,21,25);1H. The van der Waals surface area contributed by atoms with Gasteiger partial charge in [0.15, 0.2) is 5.82 Å². The maximum atomic E-state index is 12.9. The van der Waals surface area contributed by atoms with Crippen molar-refractivity contribution in [2.75, 3.05) is 5.32 Å². The lowest BCUT2D eigenvalue weighted by Crippen LogP contribution is -2.14. The number of anilines is 1. The van der Waals surface area contributed by atoms with Gasteiger partial charge in [-0.3, -0.25) is 4.79 Å². The van der Waals surface area contributed by atoms with E-state index in [1.807, 2.05) is 13.8 Å². The van der Waals surface area contributed by atoms with Crippen molar-refractivity contribution < 1.29 is 9.18 Å². The fraction of sp³-hybridized carbons (Fsp3) is 0.294. The summed E-state index contributed by atoms with van der Waals surface area (Å²) < 4.78 is 14.6. The van der Waals surface area contributed by atoms with Crippen molar-refractivity contribution in [2.24, 2.45) is 5.73 Å². The number of fused-ring (bicyclic) bond motifs is 1. The molecule has 0 radical (unpaired) electrons. The number of rotatable bonds is 5. The van der Waals surface area contributed by atoms with Crippen LogP contribution < -0.4 is 11.1 Å². The van der Waals surface area contributed by atoms with Crippen molar-refractivity contribution in [1.82, 2.24) is 19.6 Å². The van der Waals surface area contributed by atoms with Crippen LogP contribution in [0.4, 0.5) is 10.1 Å². The maximum absolute atomic E-state index is 12.9. The van der Waals surface area contributed by atoms with E-state index in [9.17, 15) is 9.18 Å². The van der Waals surface area contributed by atoms with Gasteiger partial charge in [0.2, 0.25) is 5.91 Å². The van der Waals surface area contributed by atoms with Crippen LogP contribution in [0.1, 0.15) is 29.2 Å². The number of hydrogen-bond donors (Lipinski definition) is 2. The average Bonchev–Trinajstić information content (AvgIpc) is 3.00. The number of aromatic nitrogens is 4. The lowest BCUT2D eigenvalue weighted by molar-refractivity contribution is -0.116. The predicted octanol–water partition coefficient (Wildman–Crippen LogP) is 2.33. The van der Waals surface area contributed by atoms with Crippen LogP contribution in [-0.4, -0.2) is 25.5 Å². The predicted molar refractivity (Wildman–Crippen MR) is 98.7 cm³/mol. The number of hydrogen-bond acceptors (Lipinski definition) is 5. The minimum Gasteiger partial charge on any atom is -0.326 e. The highest BCUT2D eigenvalue weighted by molar-refractivity contribution is 5.90. The molecule has 2 heterocycles. The zero-order valence-corrected chi connectivity index (χ0v) is 15.3. The summed E-state index contributed by atoms with van der Waals surface area (Å²) >= 11 is 0. The number of halogens is 2. The largest absolute Gasteiger partial charge is 0.326 e. The van der Waals surface area contributed by atoms with E-state index in [0.29, 0.717) is 23.7 Å². The van der Waals surface area contributed by atoms with E-state index in [0.717, 1.165) is 17.0 Å². The number of nitrogens with zero attached hydrogens (tertiary/aromatic N) is 4. The van der Waals surface area contributed by atoms with E-state index in [4.69, 9.17) is 5.73 Å². The molecule has 1 amide bonds. The van der Waals surface area contributed by atoms with Crippen molar-refractivity contribution in [1.29, 1.82) is 0 Å². The molecule has 138 valence electrons. The van der Waals surface area contributed by atoms with Gasteiger partial charge in [-0.2, -0.15) is 4.98 Å². The van der Waals surface area contributed by atoms with Gasteiger partial charge >= 0.3 is 0 Å². The molecule has 3 aromatic rings. The van der Waals surface area contributed by atoms with Gasteiger partial charge in [0.25, 0.3) is 5.78 Å². The Balaban J connectivity index is 0.00000243. The highest BCUT2D eigenvalue weighted by Crippen LogP contribution is 2.16. The van der Waals surface area contributed by atoms with Crippen molar-refractivity contribution in [3.05, 3.63) is 52.9 Å². The quantitative estimate of drug-likeness (QED) is 0.710. The summed E-state index contributed by atoms with van der Waals surface area (Å²) in [5.41, 5.74) is 8.81. The van der Waals surface area contributed by atoms with Crippen LogP contribution in [0.5, 0.6) is 0 Å². The zero-order chi connectivity index (χ0) is 18.0. The lowest BCUT2D eigenvalue weighted by atomic mass is 10.1. The normalized spacial score (nSPS) is 10.6. The Morgan fingerprint density at radius 3 is 2.58 bits per heavy atom. The van der Waals surface area contributed by atoms with E-state index < -0.39 is 0 Å². The Morgan fingerprint density at radius 1 is 1.23 bits per heavy atom. The minimum absolute atomic E-state index is 0. The molecule has 26 heavy (non-hydrogen) atoms. The van der Waals surface area contributed by atoms with Crippen LogP contribution in [0.2, 0.25) is 0 Å². The molecule has 0 atom stereocenters. The summed E-state index contributed by atoms with van der Waals surface area (Å²) in [4.78, 5) is 20.8. The molecule has 0 spiro atoms. The summed E-state index contributed by atoms with van der Waals surface area (Å²) in [5, 5.41) is 7.07. The number of amides is 1. The number of nitrogens with one attached hydrogen (secondary N) is 1. The molecule has 7 nitrogen and oxygen atoms in total. The number of aryl methyl sites for hydroxylation is 2. The third-order valence-electron chi connectivity index (χ3n) is 4.01. The van der Waals surface area contributed by atoms with Crippen LogP contribution in [0.15, 0.2) is 24.3 Å². The van der Waals surface area contributed by atoms with Gasteiger partial charge in [-0.15, -0.1) is 17.5 Å². The Hall–Kier alpha value is -2.58. The minimum atomic E-state index is -0.340. The fourth-order valence-corrected chi connectivity index (χ4v) is 2.69. The zero-order valence-electron chi connectivity index (χ0n) is 14.5. The van der Waals surface area contributed by atoms with Gasteiger partial charge < -0.3 is 11.1 Å². The summed E-state index contributed by atoms with van der Waals surface area (Å²) in [6, 6.07) is 5.67. The summed E-state index contributed by atoms with van der Waals surface area (Å²) in [6.45, 7) is 4.05. The first kappa shape index (κ1) is 19.7. The molecule has 0 saturated carbocycles. The van der Waals surface area contributed by atoms with Crippen LogP contribution in [-0.2, 0) is 17.8 Å². The first-order valence-corrected chi connectivity index (χ1v) is 7.95. The van der Waals surface area contributed by atoms with Crippen LogP contribution in [0.25, 0.3) is 5.78 Å². The Morgan fingerprint density at radius 2 is 1.92 bits per heavy atom. The summed E-state index contributed by atoms with van der Waals surface area (Å²) in [7, 11) is 0. The first-order valence-electron chi connectivity index (χ1n) is 7.95. The number of nitrogens with two attached hydrogens (primary N) is 1. The highest BCUT2D eigenvalue weighted by Gasteiger charge is 2.14. The molecule has 0 aliphatic carbocycles. The molecule has 0 fully saturated rings. The monoisotopic (exact) mass is 378 g/mol. The molecule has 0 aliphatic rings. The molecule has 0 bridgehead atoms. The van der Waals surface area contributed by atoms with Gasteiger partial charge in [0.05, 0.1) is 6.54 Å². The van der Waals surface area contributed by atoms with E-state index in [1.54, 1.807) is 4.52 Å². The Kier molecular flexibility index (Phi) is 6.23. The molecule has 9 heteroatoms. The second-order valence-electron chi connectivity index (χ2n) is 5.76. The number of carbonyl (C=O) groups is 1. The molecular weight excluding hydrogens is 359 g/mol. The third-order valence-corrected chi connectivity index (χ3v) is 4.01. The SMILES string of the molecule is Cc1nc2nc(CN)nn2c(C)c1CCC(=O)Nc1ccc(F)cc1.Cl. The molecule has 3 N–H and O–H groups in total. The molecule has 2 aromatic heterocycles. The van der Waals surface area contributed by atoms with Gasteiger partial charge in [-0.05, 0) is 50.1 Å². The highest BCUT2D eigenvalue weighted by atomic mass is 35.5. The van der Waals surface area contributed by atoms with E-state index in [2.05, 4.69) is 20.4 Å². The van der Waals surface area contributed by atoms with Crippen molar-refractivity contribution in [2.45, 2.75) is 33.2 Å². The molecule has 3 rings (SSSR count). The van der Waals surface area contributed by atoms with E-state index >= 15 is 0 Å². The Bertz CT molecular complexity index is 925. The lowest BCUT2D eigenvalue weighted by Gasteiger charge is -2.10. The van der Waals surface area contributed by atoms with E-state index in [1.165, 1.54) is 24.3 Å². The first-order chi connectivity index (χ1) is 12.0. The van der Waals surface area contributed by atoms with Crippen LogP contribution in [0, 0.1) is 19.7 Å². The number of carbonyl (C=O) groups excluding carboxylic acids is 1. The Labute approximate surface area is 156 Å². The third kappa shape index (κ3) is 4.14. The van der Waals surface area contributed by atoms with E-state index in [-0.39, 0.29) is 37.1 Å². The average molecular weight is 379 g/mol. The maximum Gasteiger partial charge on any atom is 0.252 e. The molecule has 0 aliphatic heterocycles. The van der Waals surface area contributed by atoms with Crippen LogP contribution >= 0.6 is 12.4 Å². The second-order valence-corrected chi connectivity index (χ2v) is 5.76. The number of benzene rings is 1.